The quantitative estimate of drug-likeness (QED) is 0.129. The second-order valence-corrected chi connectivity index (χ2v) is 11.4. The normalized spacial score (nSPS) is 18.5. The number of aromatic hydroxyl groups is 2. The van der Waals surface area contributed by atoms with Gasteiger partial charge in [0.1, 0.15) is 24.1 Å². The number of aryl methyl sites for hydroxylation is 1. The zero-order chi connectivity index (χ0) is 30.4. The van der Waals surface area contributed by atoms with Gasteiger partial charge in [-0.2, -0.15) is 4.98 Å². The number of aromatic nitrogens is 2. The summed E-state index contributed by atoms with van der Waals surface area (Å²) in [5.41, 5.74) is 3.21. The van der Waals surface area contributed by atoms with Gasteiger partial charge in [-0.3, -0.25) is 4.79 Å². The number of urea groups is 1. The van der Waals surface area contributed by atoms with Crippen molar-refractivity contribution in [2.45, 2.75) is 44.8 Å². The Morgan fingerprint density at radius 1 is 0.977 bits per heavy atom. The summed E-state index contributed by atoms with van der Waals surface area (Å²) >= 11 is 0. The zero-order valence-corrected chi connectivity index (χ0v) is 26.8. The number of carbonyl (C=O) groups excluding carboxylic acids is 2. The van der Waals surface area contributed by atoms with Crippen LogP contribution in [0.5, 0.6) is 11.5 Å². The van der Waals surface area contributed by atoms with Crippen LogP contribution in [-0.4, -0.2) is 69.0 Å². The Morgan fingerprint density at radius 3 is 2.23 bits per heavy atom. The summed E-state index contributed by atoms with van der Waals surface area (Å²) in [6.45, 7) is 4.23. The lowest BCUT2D eigenvalue weighted by atomic mass is 10.00. The molecule has 1 saturated heterocycles. The van der Waals surface area contributed by atoms with E-state index in [0.717, 1.165) is 53.6 Å². The molecule has 4 aromatic rings. The predicted molar refractivity (Wildman–Crippen MR) is 161 cm³/mol. The van der Waals surface area contributed by atoms with Gasteiger partial charge in [0.25, 0.3) is 0 Å². The van der Waals surface area contributed by atoms with Crippen molar-refractivity contribution in [3.8, 4) is 22.9 Å². The van der Waals surface area contributed by atoms with Crippen molar-refractivity contribution in [1.82, 2.24) is 20.8 Å². The standard InChI is InChI=1S/C32H36N6O5.HI/c1-21-33-30(37-43-21)24-9-11-25(12-10-24)35-32(42)36-29(18-22-5-13-27(39)14-6-22)31(41)34-26-4-3-17-38(2,20-26)19-23-7-15-28(40)16-8-23;/h5-16,26,29H,3-4,17-20H2,1-2H3,(H4-,34,35,36,37,39,40,41,42);1H/t26-,29-,38?;/m0./s1. The smallest absolute Gasteiger partial charge is 0.319 e. The number of hydrogen-bond acceptors (Lipinski definition) is 7. The first-order valence-corrected chi connectivity index (χ1v) is 14.3. The van der Waals surface area contributed by atoms with Crippen molar-refractivity contribution < 1.29 is 52.8 Å². The highest BCUT2D eigenvalue weighted by Crippen LogP contribution is 2.23. The van der Waals surface area contributed by atoms with Crippen molar-refractivity contribution in [2.75, 3.05) is 25.5 Å². The number of piperidine rings is 1. The minimum absolute atomic E-state index is 0. The van der Waals surface area contributed by atoms with Crippen LogP contribution >= 0.6 is 0 Å². The maximum absolute atomic E-state index is 13.6. The first-order valence-electron chi connectivity index (χ1n) is 14.3. The molecule has 1 aliphatic rings. The molecule has 3 amide bonds. The Kier molecular flexibility index (Phi) is 10.8. The summed E-state index contributed by atoms with van der Waals surface area (Å²) in [5.74, 6) is 1.02. The minimum atomic E-state index is -0.844. The highest BCUT2D eigenvalue weighted by atomic mass is 127. The number of phenols is 2. The number of likely N-dealkylation sites (N-methyl/N-ethyl adjacent to an activating group) is 1. The third-order valence-corrected chi connectivity index (χ3v) is 7.69. The molecule has 3 atom stereocenters. The van der Waals surface area contributed by atoms with Gasteiger partial charge in [-0.1, -0.05) is 17.3 Å². The molecule has 0 radical (unpaired) electrons. The topological polar surface area (TPSA) is 150 Å². The number of benzene rings is 3. The Bertz CT molecular complexity index is 1540. The molecule has 0 bridgehead atoms. The molecular weight excluding hydrogens is 675 g/mol. The van der Waals surface area contributed by atoms with Crippen molar-refractivity contribution in [2.24, 2.45) is 0 Å². The molecule has 1 fully saturated rings. The molecule has 232 valence electrons. The minimum Gasteiger partial charge on any atom is -1.00 e. The monoisotopic (exact) mass is 712 g/mol. The van der Waals surface area contributed by atoms with E-state index in [1.165, 1.54) is 0 Å². The van der Waals surface area contributed by atoms with E-state index in [2.05, 4.69) is 33.1 Å². The maximum atomic E-state index is 13.6. The molecule has 0 spiro atoms. The Balaban J connectivity index is 0.00000442. The van der Waals surface area contributed by atoms with Gasteiger partial charge < -0.3 is 59.1 Å². The fourth-order valence-electron chi connectivity index (χ4n) is 5.56. The van der Waals surface area contributed by atoms with Crippen LogP contribution in [-0.2, 0) is 17.8 Å². The van der Waals surface area contributed by atoms with Crippen LogP contribution in [0.2, 0.25) is 0 Å². The number of nitrogens with zero attached hydrogens (tertiary/aromatic N) is 3. The lowest BCUT2D eigenvalue weighted by Crippen LogP contribution is -3.00. The molecule has 3 aromatic carbocycles. The van der Waals surface area contributed by atoms with Gasteiger partial charge in [-0.15, -0.1) is 0 Å². The predicted octanol–water partition coefficient (Wildman–Crippen LogP) is 1.12. The fraction of sp³-hybridized carbons (Fsp3) is 0.312. The van der Waals surface area contributed by atoms with Crippen LogP contribution in [0.25, 0.3) is 11.4 Å². The zero-order valence-electron chi connectivity index (χ0n) is 24.7. The molecule has 44 heavy (non-hydrogen) atoms. The molecule has 2 heterocycles. The molecule has 0 saturated carbocycles. The summed E-state index contributed by atoms with van der Waals surface area (Å²) in [6, 6.07) is 19.4. The maximum Gasteiger partial charge on any atom is 0.319 e. The van der Waals surface area contributed by atoms with Crippen molar-refractivity contribution >= 4 is 17.6 Å². The summed E-state index contributed by atoms with van der Waals surface area (Å²) in [4.78, 5) is 30.9. The van der Waals surface area contributed by atoms with Crippen LogP contribution in [0.4, 0.5) is 10.5 Å². The molecule has 11 nitrogen and oxygen atoms in total. The highest BCUT2D eigenvalue weighted by molar-refractivity contribution is 5.94. The van der Waals surface area contributed by atoms with Crippen LogP contribution in [0.15, 0.2) is 77.3 Å². The fourth-order valence-corrected chi connectivity index (χ4v) is 5.56. The highest BCUT2D eigenvalue weighted by Gasteiger charge is 2.34. The second-order valence-electron chi connectivity index (χ2n) is 11.4. The van der Waals surface area contributed by atoms with E-state index in [1.54, 1.807) is 67.6 Å². The van der Waals surface area contributed by atoms with Crippen molar-refractivity contribution in [3.63, 3.8) is 0 Å². The first kappa shape index (κ1) is 32.7. The van der Waals surface area contributed by atoms with E-state index in [1.807, 2.05) is 12.1 Å². The Hall–Kier alpha value is -4.17. The van der Waals surface area contributed by atoms with Gasteiger partial charge >= 0.3 is 6.03 Å². The van der Waals surface area contributed by atoms with E-state index in [4.69, 9.17) is 4.52 Å². The van der Waals surface area contributed by atoms with Gasteiger partial charge in [0.15, 0.2) is 0 Å². The lowest BCUT2D eigenvalue weighted by molar-refractivity contribution is -0.927. The third-order valence-electron chi connectivity index (χ3n) is 7.69. The van der Waals surface area contributed by atoms with Gasteiger partial charge in [0.05, 0.1) is 26.2 Å². The number of anilines is 1. The van der Waals surface area contributed by atoms with E-state index < -0.39 is 12.1 Å². The van der Waals surface area contributed by atoms with Crippen LogP contribution in [0.3, 0.4) is 0 Å². The third kappa shape index (κ3) is 8.92. The summed E-state index contributed by atoms with van der Waals surface area (Å²) < 4.78 is 5.79. The molecule has 5 rings (SSSR count). The van der Waals surface area contributed by atoms with Crippen LogP contribution < -0.4 is 39.9 Å². The lowest BCUT2D eigenvalue weighted by Gasteiger charge is -2.42. The molecule has 5 N–H and O–H groups in total. The van der Waals surface area contributed by atoms with Gasteiger partial charge in [0.2, 0.25) is 17.6 Å². The number of likely N-dealkylation sites (tertiary alicyclic amines) is 1. The number of carbonyl (C=O) groups is 2. The van der Waals surface area contributed by atoms with Crippen LogP contribution in [0, 0.1) is 6.92 Å². The number of quaternary nitrogens is 1. The molecule has 12 heteroatoms. The first-order chi connectivity index (χ1) is 20.6. The molecule has 1 unspecified atom stereocenters. The van der Waals surface area contributed by atoms with Crippen molar-refractivity contribution in [3.05, 3.63) is 89.8 Å². The van der Waals surface area contributed by atoms with E-state index in [-0.39, 0.29) is 53.8 Å². The Morgan fingerprint density at radius 2 is 1.61 bits per heavy atom. The van der Waals surface area contributed by atoms with Gasteiger partial charge in [-0.05, 0) is 79.1 Å². The molecule has 1 aliphatic heterocycles. The van der Waals surface area contributed by atoms with Gasteiger partial charge in [-0.25, -0.2) is 4.79 Å². The molecule has 1 aromatic heterocycles. The largest absolute Gasteiger partial charge is 1.00 e. The number of rotatable bonds is 9. The number of phenolic OH excluding ortho intramolecular Hbond substituents is 2. The van der Waals surface area contributed by atoms with E-state index in [9.17, 15) is 19.8 Å². The van der Waals surface area contributed by atoms with E-state index in [0.29, 0.717) is 17.4 Å². The Labute approximate surface area is 273 Å². The summed E-state index contributed by atoms with van der Waals surface area (Å²) in [5, 5.41) is 32.1. The van der Waals surface area contributed by atoms with Crippen molar-refractivity contribution in [1.29, 1.82) is 0 Å². The number of hydrogen-bond donors (Lipinski definition) is 5. The molecule has 0 aliphatic carbocycles. The second kappa shape index (κ2) is 14.5. The number of amides is 3. The summed E-state index contributed by atoms with van der Waals surface area (Å²) in [6.07, 6.45) is 2.05. The average molecular weight is 713 g/mol. The van der Waals surface area contributed by atoms with Crippen LogP contribution in [0.1, 0.15) is 29.9 Å². The SMILES string of the molecule is Cc1nc(-c2ccc(NC(=O)N[C@@H](Cc3ccc(O)cc3)C(=O)N[C@H]3CCC[N+](C)(Cc4ccc(O)cc4)C3)cc2)no1.[I-]. The van der Waals surface area contributed by atoms with Gasteiger partial charge in [0, 0.05) is 30.2 Å². The summed E-state index contributed by atoms with van der Waals surface area (Å²) in [7, 11) is 2.18. The number of halogens is 1. The van der Waals surface area contributed by atoms with E-state index >= 15 is 0 Å². The number of nitrogens with one attached hydrogen (secondary N) is 3. The molecular formula is C32H37IN6O5. The average Bonchev–Trinajstić information content (AvgIpc) is 3.41.